The standard InChI is InChI=1S/C14H27N3S/c1-11(2)17(3)9-5-4-8-15-14-16-10-13(18-14)12-6-7-12/h11-13H,4-10H2,1-3H3,(H,15,16). The monoisotopic (exact) mass is 269 g/mol. The summed E-state index contributed by atoms with van der Waals surface area (Å²) in [4.78, 5) is 7.01. The van der Waals surface area contributed by atoms with Gasteiger partial charge in [0.05, 0.1) is 6.54 Å². The first kappa shape index (κ1) is 14.2. The highest BCUT2D eigenvalue weighted by Gasteiger charge is 2.35. The van der Waals surface area contributed by atoms with Gasteiger partial charge in [-0.25, -0.2) is 0 Å². The highest BCUT2D eigenvalue weighted by atomic mass is 32.2. The van der Waals surface area contributed by atoms with Gasteiger partial charge >= 0.3 is 0 Å². The molecule has 2 rings (SSSR count). The fourth-order valence-electron chi connectivity index (χ4n) is 2.14. The minimum absolute atomic E-state index is 0.659. The van der Waals surface area contributed by atoms with Crippen LogP contribution in [0.4, 0.5) is 0 Å². The Morgan fingerprint density at radius 3 is 2.83 bits per heavy atom. The summed E-state index contributed by atoms with van der Waals surface area (Å²) in [5, 5.41) is 5.48. The van der Waals surface area contributed by atoms with Crippen molar-refractivity contribution in [2.45, 2.75) is 50.8 Å². The Labute approximate surface area is 116 Å². The van der Waals surface area contributed by atoms with E-state index in [4.69, 9.17) is 0 Å². The summed E-state index contributed by atoms with van der Waals surface area (Å²) in [6.45, 7) is 7.83. The van der Waals surface area contributed by atoms with Crippen LogP contribution in [0.3, 0.4) is 0 Å². The van der Waals surface area contributed by atoms with Crippen LogP contribution in [0.5, 0.6) is 0 Å². The average Bonchev–Trinajstić information content (AvgIpc) is 3.09. The van der Waals surface area contributed by atoms with E-state index in [0.29, 0.717) is 6.04 Å². The zero-order valence-corrected chi connectivity index (χ0v) is 12.8. The first-order valence-corrected chi connectivity index (χ1v) is 8.20. The van der Waals surface area contributed by atoms with Gasteiger partial charge in [-0.2, -0.15) is 0 Å². The molecule has 0 amide bonds. The predicted octanol–water partition coefficient (Wildman–Crippen LogP) is 2.58. The number of rotatable bonds is 7. The van der Waals surface area contributed by atoms with Gasteiger partial charge in [0.2, 0.25) is 0 Å². The van der Waals surface area contributed by atoms with Crippen LogP contribution in [0.2, 0.25) is 0 Å². The molecule has 3 nitrogen and oxygen atoms in total. The molecule has 1 heterocycles. The molecule has 18 heavy (non-hydrogen) atoms. The lowest BCUT2D eigenvalue weighted by Crippen LogP contribution is -2.28. The maximum absolute atomic E-state index is 4.60. The normalized spacial score (nSPS) is 23.8. The van der Waals surface area contributed by atoms with Gasteiger partial charge in [-0.1, -0.05) is 11.8 Å². The number of unbranched alkanes of at least 4 members (excludes halogenated alkanes) is 1. The molecule has 0 bridgehead atoms. The lowest BCUT2D eigenvalue weighted by molar-refractivity contribution is 0.268. The Morgan fingerprint density at radius 1 is 1.39 bits per heavy atom. The Balaban J connectivity index is 1.48. The highest BCUT2D eigenvalue weighted by molar-refractivity contribution is 8.14. The predicted molar refractivity (Wildman–Crippen MR) is 81.4 cm³/mol. The van der Waals surface area contributed by atoms with Crippen LogP contribution in [-0.4, -0.2) is 48.0 Å². The van der Waals surface area contributed by atoms with E-state index in [9.17, 15) is 0 Å². The third kappa shape index (κ3) is 4.47. The number of hydrogen-bond acceptors (Lipinski definition) is 4. The van der Waals surface area contributed by atoms with Crippen molar-refractivity contribution in [1.29, 1.82) is 0 Å². The lowest BCUT2D eigenvalue weighted by atomic mass is 10.2. The van der Waals surface area contributed by atoms with E-state index in [-0.39, 0.29) is 0 Å². The van der Waals surface area contributed by atoms with Crippen molar-refractivity contribution in [3.05, 3.63) is 0 Å². The van der Waals surface area contributed by atoms with Crippen LogP contribution in [0, 0.1) is 5.92 Å². The molecule has 1 saturated carbocycles. The molecule has 104 valence electrons. The maximum atomic E-state index is 4.60. The number of hydrogen-bond donors (Lipinski definition) is 1. The maximum Gasteiger partial charge on any atom is 0.156 e. The molecular weight excluding hydrogens is 242 g/mol. The second-order valence-electron chi connectivity index (χ2n) is 5.85. The molecule has 1 N–H and O–H groups in total. The van der Waals surface area contributed by atoms with Crippen molar-refractivity contribution >= 4 is 16.9 Å². The number of thioether (sulfide) groups is 1. The summed E-state index contributed by atoms with van der Waals surface area (Å²) < 4.78 is 0. The molecule has 1 fully saturated rings. The molecule has 0 radical (unpaired) electrons. The molecule has 1 unspecified atom stereocenters. The van der Waals surface area contributed by atoms with Crippen molar-refractivity contribution in [3.63, 3.8) is 0 Å². The van der Waals surface area contributed by atoms with Gasteiger partial charge in [-0.15, -0.1) is 0 Å². The molecule has 0 saturated heterocycles. The van der Waals surface area contributed by atoms with Crippen molar-refractivity contribution in [1.82, 2.24) is 10.2 Å². The first-order valence-electron chi connectivity index (χ1n) is 7.32. The van der Waals surface area contributed by atoms with E-state index >= 15 is 0 Å². The summed E-state index contributed by atoms with van der Waals surface area (Å²) in [5.74, 6) is 0.970. The molecular formula is C14H27N3S. The number of nitrogens with zero attached hydrogens (tertiary/aromatic N) is 2. The Kier molecular flexibility index (Phi) is 5.37. The summed E-state index contributed by atoms with van der Waals surface area (Å²) in [7, 11) is 2.20. The molecule has 4 heteroatoms. The number of aliphatic imine (C=N–C) groups is 1. The highest BCUT2D eigenvalue weighted by Crippen LogP contribution is 2.41. The van der Waals surface area contributed by atoms with Crippen LogP contribution in [0.25, 0.3) is 0 Å². The number of amidine groups is 1. The minimum atomic E-state index is 0.659. The van der Waals surface area contributed by atoms with Crippen molar-refractivity contribution < 1.29 is 0 Å². The topological polar surface area (TPSA) is 27.6 Å². The zero-order valence-electron chi connectivity index (χ0n) is 12.0. The van der Waals surface area contributed by atoms with E-state index in [1.807, 2.05) is 11.8 Å². The van der Waals surface area contributed by atoms with Crippen molar-refractivity contribution in [2.24, 2.45) is 10.9 Å². The van der Waals surface area contributed by atoms with E-state index in [1.54, 1.807) is 0 Å². The quantitative estimate of drug-likeness (QED) is 0.720. The molecule has 0 aromatic carbocycles. The summed E-state index contributed by atoms with van der Waals surface area (Å²) in [6.07, 6.45) is 5.38. The van der Waals surface area contributed by atoms with Crippen LogP contribution in [0.1, 0.15) is 39.5 Å². The van der Waals surface area contributed by atoms with Gasteiger partial charge in [0.25, 0.3) is 0 Å². The molecule has 0 aromatic heterocycles. The van der Waals surface area contributed by atoms with E-state index in [2.05, 4.69) is 36.1 Å². The third-order valence-electron chi connectivity index (χ3n) is 3.92. The van der Waals surface area contributed by atoms with Gasteiger partial charge in [0, 0.05) is 17.8 Å². The minimum Gasteiger partial charge on any atom is -0.365 e. The van der Waals surface area contributed by atoms with Gasteiger partial charge in [-0.05, 0) is 59.0 Å². The van der Waals surface area contributed by atoms with Crippen LogP contribution >= 0.6 is 11.8 Å². The second-order valence-corrected chi connectivity index (χ2v) is 7.08. The Hall–Kier alpha value is -0.220. The lowest BCUT2D eigenvalue weighted by Gasteiger charge is -2.20. The van der Waals surface area contributed by atoms with E-state index in [0.717, 1.165) is 24.3 Å². The molecule has 1 aliphatic heterocycles. The van der Waals surface area contributed by atoms with Crippen molar-refractivity contribution in [3.8, 4) is 0 Å². The first-order chi connectivity index (χ1) is 8.66. The van der Waals surface area contributed by atoms with E-state index in [1.165, 1.54) is 37.4 Å². The van der Waals surface area contributed by atoms with Gasteiger partial charge in [-0.3, -0.25) is 4.99 Å². The molecule has 2 aliphatic rings. The molecule has 1 atom stereocenters. The van der Waals surface area contributed by atoms with Gasteiger partial charge in [0.15, 0.2) is 5.17 Å². The smallest absolute Gasteiger partial charge is 0.156 e. The fourth-order valence-corrected chi connectivity index (χ4v) is 3.38. The Bertz CT molecular complexity index is 287. The summed E-state index contributed by atoms with van der Waals surface area (Å²) in [5.41, 5.74) is 0. The average molecular weight is 269 g/mol. The molecule has 1 aliphatic carbocycles. The largest absolute Gasteiger partial charge is 0.365 e. The van der Waals surface area contributed by atoms with E-state index < -0.39 is 0 Å². The summed E-state index contributed by atoms with van der Waals surface area (Å²) >= 11 is 1.98. The van der Waals surface area contributed by atoms with Crippen LogP contribution in [0.15, 0.2) is 4.99 Å². The second kappa shape index (κ2) is 6.80. The molecule has 0 spiro atoms. The summed E-state index contributed by atoms with van der Waals surface area (Å²) in [6, 6.07) is 0.659. The SMILES string of the molecule is CC(C)N(C)CCCCNC1=NCC(C2CC2)S1. The van der Waals surface area contributed by atoms with Crippen LogP contribution in [-0.2, 0) is 0 Å². The van der Waals surface area contributed by atoms with Crippen molar-refractivity contribution in [2.75, 3.05) is 26.7 Å². The van der Waals surface area contributed by atoms with Gasteiger partial charge in [0.1, 0.15) is 0 Å². The molecule has 0 aromatic rings. The van der Waals surface area contributed by atoms with Gasteiger partial charge < -0.3 is 10.2 Å². The Morgan fingerprint density at radius 2 is 2.17 bits per heavy atom. The number of nitrogens with one attached hydrogen (secondary N) is 1. The van der Waals surface area contributed by atoms with Crippen LogP contribution < -0.4 is 5.32 Å². The fraction of sp³-hybridized carbons (Fsp3) is 0.929. The zero-order chi connectivity index (χ0) is 13.0. The third-order valence-corrected chi connectivity index (χ3v) is 5.25.